The van der Waals surface area contributed by atoms with Crippen LogP contribution in [0.5, 0.6) is 5.75 Å². The van der Waals surface area contributed by atoms with E-state index in [1.54, 1.807) is 24.4 Å². The van der Waals surface area contributed by atoms with E-state index in [1.807, 2.05) is 70.2 Å². The molecule has 0 aliphatic carbocycles. The van der Waals surface area contributed by atoms with Gasteiger partial charge in [0.1, 0.15) is 5.75 Å². The van der Waals surface area contributed by atoms with E-state index in [1.165, 1.54) is 0 Å². The van der Waals surface area contributed by atoms with Gasteiger partial charge in [-0.15, -0.1) is 0 Å². The molecule has 1 heterocycles. The number of nitrogens with one attached hydrogen (secondary N) is 2. The Hall–Kier alpha value is -3.67. The second-order valence-corrected chi connectivity index (χ2v) is 7.82. The Bertz CT molecular complexity index is 1080. The predicted molar refractivity (Wildman–Crippen MR) is 127 cm³/mol. The molecule has 32 heavy (non-hydrogen) atoms. The van der Waals surface area contributed by atoms with Gasteiger partial charge >= 0.3 is 0 Å². The molecule has 0 radical (unpaired) electrons. The number of carbonyl (C=O) groups excluding carboxylic acids is 2. The van der Waals surface area contributed by atoms with Crippen molar-refractivity contribution in [3.8, 4) is 17.0 Å². The highest BCUT2D eigenvalue weighted by Gasteiger charge is 2.18. The van der Waals surface area contributed by atoms with Gasteiger partial charge in [0.25, 0.3) is 5.91 Å². The van der Waals surface area contributed by atoms with Gasteiger partial charge in [-0.1, -0.05) is 38.1 Å². The van der Waals surface area contributed by atoms with Crippen LogP contribution in [0.2, 0.25) is 0 Å². The van der Waals surface area contributed by atoms with E-state index in [-0.39, 0.29) is 23.8 Å². The zero-order chi connectivity index (χ0) is 23.1. The molecule has 1 aromatic heterocycles. The summed E-state index contributed by atoms with van der Waals surface area (Å²) in [5.74, 6) is -0.0720. The van der Waals surface area contributed by atoms with E-state index in [4.69, 9.17) is 4.74 Å². The summed E-state index contributed by atoms with van der Waals surface area (Å²) in [5.41, 5.74) is 3.75. The highest BCUT2D eigenvalue weighted by molar-refractivity contribution is 6.00. The maximum atomic E-state index is 13.1. The summed E-state index contributed by atoms with van der Waals surface area (Å²) in [7, 11) is 0. The molecule has 2 aromatic carbocycles. The molecular weight excluding hydrogens is 402 g/mol. The summed E-state index contributed by atoms with van der Waals surface area (Å²) in [4.78, 5) is 29.6. The van der Waals surface area contributed by atoms with Crippen LogP contribution in [0.25, 0.3) is 11.3 Å². The summed E-state index contributed by atoms with van der Waals surface area (Å²) in [6.07, 6.45) is 1.76. The van der Waals surface area contributed by atoms with E-state index >= 15 is 0 Å². The van der Waals surface area contributed by atoms with E-state index < -0.39 is 0 Å². The van der Waals surface area contributed by atoms with Gasteiger partial charge < -0.3 is 15.4 Å². The van der Waals surface area contributed by atoms with Gasteiger partial charge in [0.15, 0.2) is 0 Å². The molecule has 1 atom stereocenters. The lowest BCUT2D eigenvalue weighted by atomic mass is 10.0. The number of hydrogen-bond donors (Lipinski definition) is 2. The number of aromatic nitrogens is 1. The molecule has 0 aliphatic rings. The van der Waals surface area contributed by atoms with E-state index in [0.717, 1.165) is 16.8 Å². The Labute approximate surface area is 189 Å². The zero-order valence-electron chi connectivity index (χ0n) is 18.9. The second-order valence-electron chi connectivity index (χ2n) is 7.82. The molecule has 0 aliphatic heterocycles. The molecule has 6 heteroatoms. The molecule has 0 bridgehead atoms. The van der Waals surface area contributed by atoms with Crippen molar-refractivity contribution in [3.05, 3.63) is 78.0 Å². The lowest BCUT2D eigenvalue weighted by Gasteiger charge is -2.18. The highest BCUT2D eigenvalue weighted by atomic mass is 16.5. The van der Waals surface area contributed by atoms with E-state index in [0.29, 0.717) is 23.6 Å². The number of nitrogens with zero attached hydrogens (tertiary/aromatic N) is 1. The van der Waals surface area contributed by atoms with Gasteiger partial charge in [-0.3, -0.25) is 14.6 Å². The van der Waals surface area contributed by atoms with Crippen LogP contribution >= 0.6 is 0 Å². The van der Waals surface area contributed by atoms with Gasteiger partial charge in [-0.05, 0) is 55.8 Å². The number of amides is 2. The first-order valence-corrected chi connectivity index (χ1v) is 10.8. The monoisotopic (exact) mass is 431 g/mol. The van der Waals surface area contributed by atoms with Crippen LogP contribution in [-0.4, -0.2) is 23.4 Å². The summed E-state index contributed by atoms with van der Waals surface area (Å²) in [6, 6.07) is 18.6. The minimum Gasteiger partial charge on any atom is -0.493 e. The summed E-state index contributed by atoms with van der Waals surface area (Å²) in [6.45, 7) is 7.86. The average molecular weight is 432 g/mol. The Kier molecular flexibility index (Phi) is 7.60. The molecule has 1 unspecified atom stereocenters. The van der Waals surface area contributed by atoms with Crippen molar-refractivity contribution in [1.82, 2.24) is 10.3 Å². The Morgan fingerprint density at radius 2 is 1.81 bits per heavy atom. The third-order valence-electron chi connectivity index (χ3n) is 5.01. The molecule has 0 saturated carbocycles. The second kappa shape index (κ2) is 10.6. The maximum absolute atomic E-state index is 13.1. The largest absolute Gasteiger partial charge is 0.493 e. The number of hydrogen-bond acceptors (Lipinski definition) is 4. The predicted octanol–water partition coefficient (Wildman–Crippen LogP) is 5.23. The number of pyridine rings is 1. The first-order valence-electron chi connectivity index (χ1n) is 10.8. The van der Waals surface area contributed by atoms with Gasteiger partial charge in [0.2, 0.25) is 5.91 Å². The number of ether oxygens (including phenoxy) is 1. The normalized spacial score (nSPS) is 11.7. The van der Waals surface area contributed by atoms with Crippen molar-refractivity contribution in [2.45, 2.75) is 33.7 Å². The van der Waals surface area contributed by atoms with E-state index in [2.05, 4.69) is 15.6 Å². The van der Waals surface area contributed by atoms with Crippen LogP contribution in [0.1, 0.15) is 49.7 Å². The molecule has 166 valence electrons. The quantitative estimate of drug-likeness (QED) is 0.512. The minimum atomic E-state index is -0.273. The number of anilines is 1. The van der Waals surface area contributed by atoms with Crippen molar-refractivity contribution in [3.63, 3.8) is 0 Å². The van der Waals surface area contributed by atoms with Crippen molar-refractivity contribution >= 4 is 17.5 Å². The molecular formula is C26H29N3O3. The van der Waals surface area contributed by atoms with Gasteiger partial charge in [-0.25, -0.2) is 0 Å². The van der Waals surface area contributed by atoms with Crippen molar-refractivity contribution in [2.75, 3.05) is 11.9 Å². The molecule has 0 fully saturated rings. The highest BCUT2D eigenvalue weighted by Crippen LogP contribution is 2.26. The number of carbonyl (C=O) groups is 2. The summed E-state index contributed by atoms with van der Waals surface area (Å²) >= 11 is 0. The van der Waals surface area contributed by atoms with Crippen LogP contribution in [0.3, 0.4) is 0 Å². The smallest absolute Gasteiger partial charge is 0.255 e. The Balaban J connectivity index is 1.82. The Morgan fingerprint density at radius 3 is 2.50 bits per heavy atom. The Morgan fingerprint density at radius 1 is 1.00 bits per heavy atom. The molecule has 3 aromatic rings. The fraction of sp³-hybridized carbons (Fsp3) is 0.269. The topological polar surface area (TPSA) is 80.3 Å². The minimum absolute atomic E-state index is 0.111. The number of benzene rings is 2. The van der Waals surface area contributed by atoms with Crippen LogP contribution in [0, 0.1) is 5.92 Å². The number of rotatable bonds is 8. The fourth-order valence-electron chi connectivity index (χ4n) is 3.21. The first kappa shape index (κ1) is 23.0. The van der Waals surface area contributed by atoms with Crippen LogP contribution in [0.4, 0.5) is 5.69 Å². The maximum Gasteiger partial charge on any atom is 0.255 e. The molecule has 0 saturated heterocycles. The SMILES string of the molecule is CCOc1ccc(NC(=O)C(C)C)cc1C(=O)NC(C)c1cccc(-c2ccccn2)c1. The fourth-order valence-corrected chi connectivity index (χ4v) is 3.21. The average Bonchev–Trinajstić information content (AvgIpc) is 2.80. The van der Waals surface area contributed by atoms with Gasteiger partial charge in [0, 0.05) is 23.4 Å². The van der Waals surface area contributed by atoms with E-state index in [9.17, 15) is 9.59 Å². The molecule has 0 spiro atoms. The third kappa shape index (κ3) is 5.72. The standard InChI is InChI=1S/C26H29N3O3/c1-5-32-24-13-12-21(29-25(30)17(2)3)16-22(24)26(31)28-18(4)19-9-8-10-20(15-19)23-11-6-7-14-27-23/h6-18H,5H2,1-4H3,(H,28,31)(H,29,30). The molecule has 3 rings (SSSR count). The van der Waals surface area contributed by atoms with Crippen LogP contribution in [-0.2, 0) is 4.79 Å². The lowest BCUT2D eigenvalue weighted by molar-refractivity contribution is -0.118. The van der Waals surface area contributed by atoms with Crippen molar-refractivity contribution in [2.24, 2.45) is 5.92 Å². The van der Waals surface area contributed by atoms with Gasteiger partial charge in [-0.2, -0.15) is 0 Å². The molecule has 2 amide bonds. The summed E-state index contributed by atoms with van der Waals surface area (Å²) in [5, 5.41) is 5.88. The zero-order valence-corrected chi connectivity index (χ0v) is 18.9. The van der Waals surface area contributed by atoms with Gasteiger partial charge in [0.05, 0.1) is 23.9 Å². The summed E-state index contributed by atoms with van der Waals surface area (Å²) < 4.78 is 5.65. The van der Waals surface area contributed by atoms with Crippen LogP contribution < -0.4 is 15.4 Å². The first-order chi connectivity index (χ1) is 15.4. The third-order valence-corrected chi connectivity index (χ3v) is 5.01. The van der Waals surface area contributed by atoms with Crippen molar-refractivity contribution < 1.29 is 14.3 Å². The van der Waals surface area contributed by atoms with Crippen molar-refractivity contribution in [1.29, 1.82) is 0 Å². The lowest BCUT2D eigenvalue weighted by Crippen LogP contribution is -2.27. The van der Waals surface area contributed by atoms with Crippen LogP contribution in [0.15, 0.2) is 66.9 Å². The molecule has 6 nitrogen and oxygen atoms in total. The molecule has 2 N–H and O–H groups in total.